The number of nitrogens with one attached hydrogen (secondary N) is 3. The van der Waals surface area contributed by atoms with Crippen LogP contribution in [0.3, 0.4) is 0 Å². The van der Waals surface area contributed by atoms with Gasteiger partial charge in [0.1, 0.15) is 0 Å². The number of hydrogen-bond donors (Lipinski definition) is 3. The van der Waals surface area contributed by atoms with E-state index in [1.54, 1.807) is 18.2 Å². The third-order valence-electron chi connectivity index (χ3n) is 5.59. The molecule has 0 aliphatic carbocycles. The summed E-state index contributed by atoms with van der Waals surface area (Å²) in [5.74, 6) is -0.0797. The number of para-hydroxylation sites is 1. The van der Waals surface area contributed by atoms with Gasteiger partial charge in [-0.05, 0) is 54.8 Å². The fourth-order valence-corrected chi connectivity index (χ4v) is 4.22. The number of hydrogen-bond acceptors (Lipinski definition) is 4. The summed E-state index contributed by atoms with van der Waals surface area (Å²) >= 11 is 12.0. The number of amides is 1. The summed E-state index contributed by atoms with van der Waals surface area (Å²) in [7, 11) is 0. The maximum absolute atomic E-state index is 12.1. The van der Waals surface area contributed by atoms with Crippen molar-refractivity contribution in [1.29, 1.82) is 0 Å². The third kappa shape index (κ3) is 7.48. The van der Waals surface area contributed by atoms with Crippen molar-refractivity contribution in [2.24, 2.45) is 0 Å². The van der Waals surface area contributed by atoms with E-state index >= 15 is 0 Å². The molecule has 0 aliphatic heterocycles. The lowest BCUT2D eigenvalue weighted by molar-refractivity contribution is -0.119. The summed E-state index contributed by atoms with van der Waals surface area (Å²) in [5, 5.41) is 11.7. The van der Waals surface area contributed by atoms with Crippen molar-refractivity contribution in [2.45, 2.75) is 12.8 Å². The molecule has 3 N–H and O–H groups in total. The van der Waals surface area contributed by atoms with E-state index in [9.17, 15) is 4.79 Å². The normalized spacial score (nSPS) is 11.1. The van der Waals surface area contributed by atoms with Crippen LogP contribution >= 0.6 is 23.2 Å². The molecule has 0 saturated heterocycles. The van der Waals surface area contributed by atoms with Crippen LogP contribution in [0.2, 0.25) is 10.0 Å². The molecule has 1 aromatic heterocycles. The van der Waals surface area contributed by atoms with Crippen molar-refractivity contribution in [1.82, 2.24) is 10.3 Å². The number of pyridine rings is 1. The van der Waals surface area contributed by atoms with Gasteiger partial charge in [0, 0.05) is 29.2 Å². The van der Waals surface area contributed by atoms with Crippen LogP contribution in [0.5, 0.6) is 0 Å². The minimum Gasteiger partial charge on any atom is -0.384 e. The molecule has 3 aromatic carbocycles. The number of anilines is 2. The number of fused-ring (bicyclic) bond motifs is 1. The highest BCUT2D eigenvalue weighted by Crippen LogP contribution is 2.25. The smallest absolute Gasteiger partial charge is 0.239 e. The maximum atomic E-state index is 12.1. The number of carbonyl (C=O) groups is 1. The average Bonchev–Trinajstić information content (AvgIpc) is 2.89. The van der Waals surface area contributed by atoms with E-state index in [4.69, 9.17) is 28.2 Å². The van der Waals surface area contributed by atoms with Gasteiger partial charge in [0.05, 0.1) is 28.5 Å². The molecule has 1 heterocycles. The van der Waals surface area contributed by atoms with Crippen molar-refractivity contribution in [2.75, 3.05) is 30.3 Å². The number of benzene rings is 3. The molecule has 0 saturated carbocycles. The van der Waals surface area contributed by atoms with Gasteiger partial charge in [-0.2, -0.15) is 0 Å². The Morgan fingerprint density at radius 3 is 2.42 bits per heavy atom. The number of aromatic nitrogens is 1. The lowest BCUT2D eigenvalue weighted by Gasteiger charge is -2.12. The first-order chi connectivity index (χ1) is 17.6. The first-order valence-corrected chi connectivity index (χ1v) is 12.7. The summed E-state index contributed by atoms with van der Waals surface area (Å²) in [6, 6.07) is 25.5. The highest BCUT2D eigenvalue weighted by atomic mass is 35.5. The fraction of sp³-hybridized carbons (Fsp3) is 0.172. The van der Waals surface area contributed by atoms with Crippen LogP contribution in [0.4, 0.5) is 11.4 Å². The molecule has 0 bridgehead atoms. The van der Waals surface area contributed by atoms with Gasteiger partial charge in [0.25, 0.3) is 0 Å². The lowest BCUT2D eigenvalue weighted by atomic mass is 10.1. The first-order valence-electron chi connectivity index (χ1n) is 11.9. The van der Waals surface area contributed by atoms with E-state index in [1.807, 2.05) is 42.5 Å². The second kappa shape index (κ2) is 13.0. The zero-order chi connectivity index (χ0) is 25.2. The van der Waals surface area contributed by atoms with Gasteiger partial charge in [-0.25, -0.2) is 4.98 Å². The van der Waals surface area contributed by atoms with Gasteiger partial charge in [-0.15, -0.1) is 0 Å². The number of unbranched alkanes of at least 4 members (excludes halogenated alkanes) is 1. The zero-order valence-corrected chi connectivity index (χ0v) is 21.3. The number of nitrogens with zero attached hydrogens (tertiary/aromatic N) is 1. The molecule has 0 unspecified atom stereocenters. The van der Waals surface area contributed by atoms with Crippen LogP contribution < -0.4 is 16.0 Å². The molecule has 0 radical (unpaired) electrons. The first kappa shape index (κ1) is 25.5. The van der Waals surface area contributed by atoms with Crippen molar-refractivity contribution >= 4 is 63.5 Å². The predicted molar refractivity (Wildman–Crippen MR) is 153 cm³/mol. The van der Waals surface area contributed by atoms with Crippen LogP contribution in [-0.4, -0.2) is 30.5 Å². The van der Waals surface area contributed by atoms with E-state index in [0.717, 1.165) is 47.2 Å². The quantitative estimate of drug-likeness (QED) is 0.185. The van der Waals surface area contributed by atoms with Gasteiger partial charge in [0.2, 0.25) is 5.91 Å². The molecule has 0 atom stereocenters. The van der Waals surface area contributed by atoms with Crippen molar-refractivity contribution in [3.63, 3.8) is 0 Å². The van der Waals surface area contributed by atoms with E-state index in [-0.39, 0.29) is 12.5 Å². The molecule has 36 heavy (non-hydrogen) atoms. The van der Waals surface area contributed by atoms with Crippen LogP contribution in [0.1, 0.15) is 24.1 Å². The molecule has 4 aromatic rings. The molecular formula is C29H28Cl2N4O. The second-order valence-corrected chi connectivity index (χ2v) is 9.16. The van der Waals surface area contributed by atoms with Crippen molar-refractivity contribution < 1.29 is 4.79 Å². The second-order valence-electron chi connectivity index (χ2n) is 8.32. The van der Waals surface area contributed by atoms with E-state index < -0.39 is 0 Å². The van der Waals surface area contributed by atoms with E-state index in [1.165, 1.54) is 0 Å². The van der Waals surface area contributed by atoms with E-state index in [0.29, 0.717) is 22.3 Å². The molecule has 0 spiro atoms. The number of carbonyl (C=O) groups excluding carboxylic acids is 1. The molecule has 184 valence electrons. The van der Waals surface area contributed by atoms with Gasteiger partial charge >= 0.3 is 0 Å². The van der Waals surface area contributed by atoms with Gasteiger partial charge in [-0.3, -0.25) is 4.79 Å². The summed E-state index contributed by atoms with van der Waals surface area (Å²) in [5.41, 5.74) is 4.73. The third-order valence-corrected chi connectivity index (χ3v) is 6.14. The van der Waals surface area contributed by atoms with Gasteiger partial charge in [0.15, 0.2) is 0 Å². The minimum atomic E-state index is -0.0797. The summed E-state index contributed by atoms with van der Waals surface area (Å²) < 4.78 is 0. The molecule has 5 nitrogen and oxygen atoms in total. The number of rotatable bonds is 11. The summed E-state index contributed by atoms with van der Waals surface area (Å²) in [6.07, 6.45) is 5.89. The Morgan fingerprint density at radius 2 is 1.58 bits per heavy atom. The minimum absolute atomic E-state index is 0.0797. The zero-order valence-electron chi connectivity index (χ0n) is 19.8. The Balaban J connectivity index is 1.24. The summed E-state index contributed by atoms with van der Waals surface area (Å²) in [6.45, 7) is 1.56. The Kier molecular flexibility index (Phi) is 9.20. The molecular weight excluding hydrogens is 491 g/mol. The largest absolute Gasteiger partial charge is 0.384 e. The average molecular weight is 519 g/mol. The fourth-order valence-electron chi connectivity index (χ4n) is 3.74. The van der Waals surface area contributed by atoms with Crippen LogP contribution in [0.15, 0.2) is 78.9 Å². The standard InChI is InChI=1S/C29H28Cl2N4O/c30-22-13-15-27(25(31)18-22)34-20-29(36)33-17-7-6-16-32-28-19-23(14-12-21-8-2-1-3-9-21)35-26-11-5-4-10-24(26)28/h1-5,8-15,18-19,34H,6-7,16-17,20H2,(H,32,35)(H,33,36)/b14-12+. The molecule has 4 rings (SSSR count). The SMILES string of the molecule is O=C(CNc1ccc(Cl)cc1Cl)NCCCCNc1cc(/C=C/c2ccccc2)nc2ccccc12. The maximum Gasteiger partial charge on any atom is 0.239 e. The Hall–Kier alpha value is -3.54. The molecule has 0 aliphatic rings. The van der Waals surface area contributed by atoms with Gasteiger partial charge < -0.3 is 16.0 Å². The molecule has 1 amide bonds. The van der Waals surface area contributed by atoms with Crippen LogP contribution in [0.25, 0.3) is 23.1 Å². The topological polar surface area (TPSA) is 66.1 Å². The monoisotopic (exact) mass is 518 g/mol. The number of halogens is 2. The lowest BCUT2D eigenvalue weighted by Crippen LogP contribution is -2.30. The van der Waals surface area contributed by atoms with Crippen molar-refractivity contribution in [3.05, 3.63) is 100 Å². The van der Waals surface area contributed by atoms with Crippen molar-refractivity contribution in [3.8, 4) is 0 Å². The Morgan fingerprint density at radius 1 is 0.806 bits per heavy atom. The van der Waals surface area contributed by atoms with Gasteiger partial charge in [-0.1, -0.05) is 77.8 Å². The molecule has 7 heteroatoms. The summed E-state index contributed by atoms with van der Waals surface area (Å²) in [4.78, 5) is 16.9. The predicted octanol–water partition coefficient (Wildman–Crippen LogP) is 7.13. The highest BCUT2D eigenvalue weighted by molar-refractivity contribution is 6.36. The van der Waals surface area contributed by atoms with E-state index in [2.05, 4.69) is 46.3 Å². The van der Waals surface area contributed by atoms with Crippen LogP contribution in [-0.2, 0) is 4.79 Å². The Bertz CT molecular complexity index is 1340. The Labute approximate surface area is 221 Å². The van der Waals surface area contributed by atoms with Crippen LogP contribution in [0, 0.1) is 0 Å². The molecule has 0 fully saturated rings. The highest BCUT2D eigenvalue weighted by Gasteiger charge is 2.06.